The zero-order valence-electron chi connectivity index (χ0n) is 11.6. The van der Waals surface area contributed by atoms with Gasteiger partial charge in [0, 0.05) is 11.1 Å². The van der Waals surface area contributed by atoms with Crippen molar-refractivity contribution in [1.29, 1.82) is 0 Å². The van der Waals surface area contributed by atoms with Gasteiger partial charge < -0.3 is 5.32 Å². The molecular formula is C16H11Cl3N2OS. The van der Waals surface area contributed by atoms with Gasteiger partial charge in [0.15, 0.2) is 5.11 Å². The van der Waals surface area contributed by atoms with E-state index in [-0.39, 0.29) is 11.0 Å². The number of carbonyl (C=O) groups is 1. The Morgan fingerprint density at radius 2 is 1.61 bits per heavy atom. The second-order valence-electron chi connectivity index (χ2n) is 4.42. The molecule has 0 atom stereocenters. The highest BCUT2D eigenvalue weighted by Crippen LogP contribution is 2.29. The topological polar surface area (TPSA) is 41.1 Å². The molecule has 3 nitrogen and oxygen atoms in total. The van der Waals surface area contributed by atoms with Crippen molar-refractivity contribution < 1.29 is 4.79 Å². The summed E-state index contributed by atoms with van der Waals surface area (Å²) in [7, 11) is 0. The van der Waals surface area contributed by atoms with Crippen LogP contribution in [0.3, 0.4) is 0 Å². The van der Waals surface area contributed by atoms with Crippen molar-refractivity contribution in [3.8, 4) is 0 Å². The Labute approximate surface area is 154 Å². The lowest BCUT2D eigenvalue weighted by Crippen LogP contribution is -2.33. The Morgan fingerprint density at radius 3 is 2.22 bits per heavy atom. The molecule has 0 aromatic heterocycles. The number of hydrogen-bond acceptors (Lipinski definition) is 2. The summed E-state index contributed by atoms with van der Waals surface area (Å²) in [5.74, 6) is -0.374. The SMILES string of the molecule is O=C(/C=C/c1ccc(Cl)cc1)NC(=S)Nc1c(Cl)cccc1Cl. The van der Waals surface area contributed by atoms with Gasteiger partial charge >= 0.3 is 0 Å². The summed E-state index contributed by atoms with van der Waals surface area (Å²) < 4.78 is 0. The highest BCUT2D eigenvalue weighted by Gasteiger charge is 2.08. The Hall–Kier alpha value is -1.59. The molecule has 0 saturated carbocycles. The van der Waals surface area contributed by atoms with Gasteiger partial charge in [0.1, 0.15) is 0 Å². The smallest absolute Gasteiger partial charge is 0.250 e. The minimum absolute atomic E-state index is 0.103. The number of nitrogens with one attached hydrogen (secondary N) is 2. The Balaban J connectivity index is 1.95. The van der Waals surface area contributed by atoms with Gasteiger partial charge in [0.25, 0.3) is 0 Å². The number of hydrogen-bond donors (Lipinski definition) is 2. The summed E-state index contributed by atoms with van der Waals surface area (Å²) >= 11 is 22.9. The molecule has 2 aromatic rings. The Morgan fingerprint density at radius 1 is 1.00 bits per heavy atom. The Bertz CT molecular complexity index is 740. The van der Waals surface area contributed by atoms with E-state index in [0.29, 0.717) is 20.8 Å². The summed E-state index contributed by atoms with van der Waals surface area (Å²) in [6.07, 6.45) is 3.02. The number of thiocarbonyl (C=S) groups is 1. The van der Waals surface area contributed by atoms with Gasteiger partial charge in [-0.15, -0.1) is 0 Å². The van der Waals surface area contributed by atoms with Crippen LogP contribution in [0.5, 0.6) is 0 Å². The highest BCUT2D eigenvalue weighted by atomic mass is 35.5. The van der Waals surface area contributed by atoms with Crippen LogP contribution in [0, 0.1) is 0 Å². The first kappa shape index (κ1) is 17.8. The van der Waals surface area contributed by atoms with Crippen molar-refractivity contribution >= 4 is 69.8 Å². The predicted molar refractivity (Wildman–Crippen MR) is 101 cm³/mol. The highest BCUT2D eigenvalue weighted by molar-refractivity contribution is 7.80. The van der Waals surface area contributed by atoms with Crippen molar-refractivity contribution in [2.24, 2.45) is 0 Å². The molecule has 2 N–H and O–H groups in total. The van der Waals surface area contributed by atoms with E-state index in [0.717, 1.165) is 5.56 Å². The van der Waals surface area contributed by atoms with Crippen molar-refractivity contribution in [3.05, 3.63) is 69.2 Å². The fraction of sp³-hybridized carbons (Fsp3) is 0. The molecule has 0 heterocycles. The average molecular weight is 386 g/mol. The lowest BCUT2D eigenvalue weighted by atomic mass is 10.2. The molecule has 2 aromatic carbocycles. The van der Waals surface area contributed by atoms with Crippen molar-refractivity contribution in [2.75, 3.05) is 5.32 Å². The maximum atomic E-state index is 11.8. The van der Waals surface area contributed by atoms with Crippen molar-refractivity contribution in [2.45, 2.75) is 0 Å². The third-order valence-corrected chi connectivity index (χ3v) is 3.82. The normalized spacial score (nSPS) is 10.6. The monoisotopic (exact) mass is 384 g/mol. The van der Waals surface area contributed by atoms with Crippen molar-refractivity contribution in [3.63, 3.8) is 0 Å². The minimum Gasteiger partial charge on any atom is -0.330 e. The first-order chi connectivity index (χ1) is 11.0. The van der Waals surface area contributed by atoms with Crippen LogP contribution < -0.4 is 10.6 Å². The van der Waals surface area contributed by atoms with E-state index in [9.17, 15) is 4.79 Å². The van der Waals surface area contributed by atoms with E-state index in [4.69, 9.17) is 47.0 Å². The molecular weight excluding hydrogens is 375 g/mol. The predicted octanol–water partition coefficient (Wildman–Crippen LogP) is 5.17. The first-order valence-electron chi connectivity index (χ1n) is 6.45. The van der Waals surface area contributed by atoms with Gasteiger partial charge in [-0.1, -0.05) is 53.0 Å². The van der Waals surface area contributed by atoms with Crippen LogP contribution in [0.2, 0.25) is 15.1 Å². The van der Waals surface area contributed by atoms with E-state index >= 15 is 0 Å². The standard InChI is InChI=1S/C16H11Cl3N2OS/c17-11-7-4-10(5-8-11)6-9-14(22)20-16(23)21-15-12(18)2-1-3-13(15)19/h1-9H,(H2,20,21,22,23)/b9-6+. The number of halogens is 3. The number of anilines is 1. The largest absolute Gasteiger partial charge is 0.330 e. The quantitative estimate of drug-likeness (QED) is 0.565. The number of rotatable bonds is 3. The number of benzene rings is 2. The van der Waals surface area contributed by atoms with E-state index in [1.807, 2.05) is 0 Å². The maximum Gasteiger partial charge on any atom is 0.250 e. The molecule has 0 spiro atoms. The van der Waals surface area contributed by atoms with Gasteiger partial charge in [-0.3, -0.25) is 10.1 Å². The number of carbonyl (C=O) groups excluding carboxylic acids is 1. The molecule has 0 saturated heterocycles. The maximum absolute atomic E-state index is 11.8. The zero-order chi connectivity index (χ0) is 16.8. The van der Waals surface area contributed by atoms with E-state index < -0.39 is 0 Å². The summed E-state index contributed by atoms with van der Waals surface area (Å²) in [6, 6.07) is 12.1. The van der Waals surface area contributed by atoms with Crippen LogP contribution >= 0.6 is 47.0 Å². The second kappa shape index (κ2) is 8.31. The summed E-state index contributed by atoms with van der Waals surface area (Å²) in [6.45, 7) is 0. The lowest BCUT2D eigenvalue weighted by molar-refractivity contribution is -0.115. The van der Waals surface area contributed by atoms with Crippen molar-refractivity contribution in [1.82, 2.24) is 5.32 Å². The van der Waals surface area contributed by atoms with Crippen LogP contribution in [0.25, 0.3) is 6.08 Å². The van der Waals surface area contributed by atoms with E-state index in [1.165, 1.54) is 6.08 Å². The van der Waals surface area contributed by atoms with Gasteiger partial charge in [-0.2, -0.15) is 0 Å². The first-order valence-corrected chi connectivity index (χ1v) is 7.99. The Kier molecular flexibility index (Phi) is 6.42. The fourth-order valence-electron chi connectivity index (χ4n) is 1.66. The minimum atomic E-state index is -0.374. The summed E-state index contributed by atoms with van der Waals surface area (Å²) in [4.78, 5) is 11.8. The molecule has 23 heavy (non-hydrogen) atoms. The van der Waals surface area contributed by atoms with Gasteiger partial charge in [-0.05, 0) is 48.1 Å². The number of amides is 1. The van der Waals surface area contributed by atoms with Crippen LogP contribution in [-0.2, 0) is 4.79 Å². The molecule has 118 valence electrons. The zero-order valence-corrected chi connectivity index (χ0v) is 14.7. The molecule has 0 unspecified atom stereocenters. The molecule has 0 radical (unpaired) electrons. The summed E-state index contributed by atoms with van der Waals surface area (Å²) in [5.41, 5.74) is 1.29. The van der Waals surface area contributed by atoms with Crippen LogP contribution in [0.4, 0.5) is 5.69 Å². The van der Waals surface area contributed by atoms with E-state index in [1.54, 1.807) is 48.5 Å². The summed E-state index contributed by atoms with van der Waals surface area (Å²) in [5, 5.41) is 6.87. The third kappa shape index (κ3) is 5.52. The molecule has 2 rings (SSSR count). The lowest BCUT2D eigenvalue weighted by Gasteiger charge is -2.11. The van der Waals surface area contributed by atoms with Gasteiger partial charge in [-0.25, -0.2) is 0 Å². The average Bonchev–Trinajstić information content (AvgIpc) is 2.50. The van der Waals surface area contributed by atoms with Gasteiger partial charge in [0.2, 0.25) is 5.91 Å². The molecule has 1 amide bonds. The number of para-hydroxylation sites is 1. The molecule has 7 heteroatoms. The van der Waals surface area contributed by atoms with Gasteiger partial charge in [0.05, 0.1) is 15.7 Å². The van der Waals surface area contributed by atoms with Crippen LogP contribution in [0.15, 0.2) is 48.5 Å². The third-order valence-electron chi connectivity index (χ3n) is 2.74. The van der Waals surface area contributed by atoms with Crippen LogP contribution in [0.1, 0.15) is 5.56 Å². The molecule has 0 aliphatic carbocycles. The fourth-order valence-corrected chi connectivity index (χ4v) is 2.48. The molecule has 0 fully saturated rings. The molecule has 0 aliphatic heterocycles. The molecule has 0 bridgehead atoms. The molecule has 0 aliphatic rings. The van der Waals surface area contributed by atoms with Crippen LogP contribution in [-0.4, -0.2) is 11.0 Å². The second-order valence-corrected chi connectivity index (χ2v) is 6.08. The van der Waals surface area contributed by atoms with E-state index in [2.05, 4.69) is 10.6 Å².